The fourth-order valence-corrected chi connectivity index (χ4v) is 2.23. The van der Waals surface area contributed by atoms with Gasteiger partial charge in [-0.2, -0.15) is 0 Å². The molecule has 6 heteroatoms. The molecule has 0 aliphatic carbocycles. The van der Waals surface area contributed by atoms with Crippen molar-refractivity contribution in [2.24, 2.45) is 4.99 Å². The van der Waals surface area contributed by atoms with Gasteiger partial charge in [-0.3, -0.25) is 4.99 Å². The van der Waals surface area contributed by atoms with Crippen LogP contribution in [-0.4, -0.2) is 44.1 Å². The summed E-state index contributed by atoms with van der Waals surface area (Å²) in [4.78, 5) is 6.06. The van der Waals surface area contributed by atoms with E-state index in [4.69, 9.17) is 0 Å². The molecular formula is C14H20F2N4. The number of nitrogens with one attached hydrogen (secondary N) is 2. The summed E-state index contributed by atoms with van der Waals surface area (Å²) in [5.74, 6) is -0.374. The minimum Gasteiger partial charge on any atom is -0.354 e. The fraction of sp³-hybridized carbons (Fsp3) is 0.500. The summed E-state index contributed by atoms with van der Waals surface area (Å²) >= 11 is 0. The average molecular weight is 282 g/mol. The molecule has 1 aromatic rings. The van der Waals surface area contributed by atoms with Crippen molar-refractivity contribution in [3.05, 3.63) is 35.4 Å². The van der Waals surface area contributed by atoms with Crippen LogP contribution in [0.1, 0.15) is 18.5 Å². The molecule has 0 spiro atoms. The van der Waals surface area contributed by atoms with E-state index < -0.39 is 17.7 Å². The van der Waals surface area contributed by atoms with Gasteiger partial charge in [0, 0.05) is 18.2 Å². The van der Waals surface area contributed by atoms with Crippen molar-refractivity contribution in [2.75, 3.05) is 27.2 Å². The number of aliphatic imine (C=N–C) groups is 1. The van der Waals surface area contributed by atoms with Crippen LogP contribution in [0, 0.1) is 11.6 Å². The highest BCUT2D eigenvalue weighted by molar-refractivity contribution is 5.81. The van der Waals surface area contributed by atoms with E-state index in [1.54, 1.807) is 19.0 Å². The number of hydrogen-bond acceptors (Lipinski definition) is 4. The van der Waals surface area contributed by atoms with Crippen molar-refractivity contribution in [3.63, 3.8) is 0 Å². The van der Waals surface area contributed by atoms with E-state index in [1.165, 1.54) is 18.2 Å². The van der Waals surface area contributed by atoms with Crippen LogP contribution < -0.4 is 10.6 Å². The highest BCUT2D eigenvalue weighted by Gasteiger charge is 2.23. The van der Waals surface area contributed by atoms with Gasteiger partial charge in [0.2, 0.25) is 0 Å². The van der Waals surface area contributed by atoms with Crippen LogP contribution in [0.2, 0.25) is 0 Å². The molecule has 1 aromatic carbocycles. The largest absolute Gasteiger partial charge is 0.354 e. The number of rotatable bonds is 4. The molecule has 4 nitrogen and oxygen atoms in total. The van der Waals surface area contributed by atoms with Gasteiger partial charge < -0.3 is 15.5 Å². The van der Waals surface area contributed by atoms with Crippen molar-refractivity contribution < 1.29 is 8.78 Å². The molecule has 0 fully saturated rings. The molecule has 1 heterocycles. The molecule has 0 radical (unpaired) electrons. The first-order chi connectivity index (χ1) is 9.49. The molecule has 0 bridgehead atoms. The third-order valence-electron chi connectivity index (χ3n) is 3.33. The lowest BCUT2D eigenvalue weighted by Crippen LogP contribution is -2.42. The zero-order valence-corrected chi connectivity index (χ0v) is 12.0. The summed E-state index contributed by atoms with van der Waals surface area (Å²) in [6.45, 7) is 3.12. The maximum Gasteiger partial charge on any atom is 0.191 e. The molecule has 0 saturated carbocycles. The Morgan fingerprint density at radius 3 is 2.55 bits per heavy atom. The van der Waals surface area contributed by atoms with Gasteiger partial charge in [0.25, 0.3) is 0 Å². The van der Waals surface area contributed by atoms with Gasteiger partial charge in [0.1, 0.15) is 11.6 Å². The minimum atomic E-state index is -0.528. The van der Waals surface area contributed by atoms with Gasteiger partial charge in [-0.25, -0.2) is 8.78 Å². The Bertz CT molecular complexity index is 482. The third kappa shape index (κ3) is 3.25. The highest BCUT2D eigenvalue weighted by Crippen LogP contribution is 2.23. The smallest absolute Gasteiger partial charge is 0.191 e. The molecule has 0 amide bonds. The van der Waals surface area contributed by atoms with Crippen LogP contribution in [0.3, 0.4) is 0 Å². The maximum atomic E-state index is 13.9. The predicted molar refractivity (Wildman–Crippen MR) is 75.7 cm³/mol. The molecule has 2 rings (SSSR count). The zero-order chi connectivity index (χ0) is 14.7. The molecule has 110 valence electrons. The first-order valence-electron chi connectivity index (χ1n) is 6.64. The number of likely N-dealkylation sites (N-methyl/N-ethyl adjacent to an activating group) is 1. The van der Waals surface area contributed by atoms with Crippen molar-refractivity contribution >= 4 is 5.96 Å². The number of hydrogen-bond donors (Lipinski definition) is 2. The van der Waals surface area contributed by atoms with Crippen LogP contribution in [0.4, 0.5) is 8.78 Å². The van der Waals surface area contributed by atoms with Crippen molar-refractivity contribution in [1.82, 2.24) is 15.5 Å². The van der Waals surface area contributed by atoms with Gasteiger partial charge in [0.15, 0.2) is 5.96 Å². The van der Waals surface area contributed by atoms with Crippen molar-refractivity contribution in [1.29, 1.82) is 0 Å². The fourth-order valence-electron chi connectivity index (χ4n) is 2.23. The molecule has 20 heavy (non-hydrogen) atoms. The van der Waals surface area contributed by atoms with Crippen molar-refractivity contribution in [2.45, 2.75) is 19.0 Å². The van der Waals surface area contributed by atoms with Crippen LogP contribution in [0.15, 0.2) is 23.2 Å². The lowest BCUT2D eigenvalue weighted by molar-refractivity contribution is 0.282. The van der Waals surface area contributed by atoms with E-state index in [-0.39, 0.29) is 5.56 Å². The summed E-state index contributed by atoms with van der Waals surface area (Å²) in [6.07, 6.45) is 0. The van der Waals surface area contributed by atoms with Gasteiger partial charge in [-0.1, -0.05) is 6.07 Å². The standard InChI is InChI=1S/C14H20F2N4/c1-9-7-17-14(19-9)18-8-12(20(2)3)13-10(15)5-4-6-11(13)16/h4-6,9,12H,7-8H2,1-3H3,(H2,17,18,19). The van der Waals surface area contributed by atoms with Gasteiger partial charge in [0.05, 0.1) is 12.6 Å². The Morgan fingerprint density at radius 2 is 2.05 bits per heavy atom. The predicted octanol–water partition coefficient (Wildman–Crippen LogP) is 1.50. The summed E-state index contributed by atoms with van der Waals surface area (Å²) in [7, 11) is 3.59. The van der Waals surface area contributed by atoms with Crippen LogP contribution in [0.25, 0.3) is 0 Å². The molecule has 2 unspecified atom stereocenters. The molecule has 0 saturated heterocycles. The molecular weight excluding hydrogens is 262 g/mol. The zero-order valence-electron chi connectivity index (χ0n) is 12.0. The minimum absolute atomic E-state index is 0.0802. The van der Waals surface area contributed by atoms with Gasteiger partial charge in [-0.15, -0.1) is 0 Å². The summed E-state index contributed by atoms with van der Waals surface area (Å²) in [6, 6.07) is 3.82. The summed E-state index contributed by atoms with van der Waals surface area (Å²) in [5.41, 5.74) is 0.0802. The van der Waals surface area contributed by atoms with E-state index in [0.717, 1.165) is 0 Å². The summed E-state index contributed by atoms with van der Waals surface area (Å²) in [5, 5.41) is 6.27. The maximum absolute atomic E-state index is 13.9. The molecule has 2 N–H and O–H groups in total. The average Bonchev–Trinajstić information content (AvgIpc) is 2.78. The SMILES string of the molecule is CC1CN=C(NCC(c2c(F)cccc2F)N(C)C)N1. The molecule has 1 aliphatic heterocycles. The topological polar surface area (TPSA) is 39.7 Å². The molecule has 0 aromatic heterocycles. The molecule has 1 aliphatic rings. The molecule has 2 atom stereocenters. The Hall–Kier alpha value is -1.69. The third-order valence-corrected chi connectivity index (χ3v) is 3.33. The Labute approximate surface area is 117 Å². The van der Waals surface area contributed by atoms with Crippen LogP contribution in [0.5, 0.6) is 0 Å². The normalized spacial score (nSPS) is 19.7. The number of nitrogens with zero attached hydrogens (tertiary/aromatic N) is 2. The second kappa shape index (κ2) is 6.17. The monoisotopic (exact) mass is 282 g/mol. The Balaban J connectivity index is 2.12. The number of benzene rings is 1. The lowest BCUT2D eigenvalue weighted by atomic mass is 10.0. The highest BCUT2D eigenvalue weighted by atomic mass is 19.1. The quantitative estimate of drug-likeness (QED) is 0.879. The second-order valence-electron chi connectivity index (χ2n) is 5.23. The first-order valence-corrected chi connectivity index (χ1v) is 6.64. The van der Waals surface area contributed by atoms with Crippen molar-refractivity contribution in [3.8, 4) is 0 Å². The van der Waals surface area contributed by atoms with E-state index in [2.05, 4.69) is 15.6 Å². The number of halogens is 2. The van der Waals surface area contributed by atoms with E-state index >= 15 is 0 Å². The summed E-state index contributed by atoms with van der Waals surface area (Å²) < 4.78 is 27.8. The van der Waals surface area contributed by atoms with E-state index in [0.29, 0.717) is 25.1 Å². The first kappa shape index (κ1) is 14.7. The van der Waals surface area contributed by atoms with Crippen LogP contribution in [-0.2, 0) is 0 Å². The van der Waals surface area contributed by atoms with E-state index in [9.17, 15) is 8.78 Å². The van der Waals surface area contributed by atoms with Crippen LogP contribution >= 0.6 is 0 Å². The lowest BCUT2D eigenvalue weighted by Gasteiger charge is -2.26. The number of guanidine groups is 1. The second-order valence-corrected chi connectivity index (χ2v) is 5.23. The van der Waals surface area contributed by atoms with Gasteiger partial charge >= 0.3 is 0 Å². The van der Waals surface area contributed by atoms with Gasteiger partial charge in [-0.05, 0) is 33.2 Å². The van der Waals surface area contributed by atoms with E-state index in [1.807, 2.05) is 6.92 Å². The Morgan fingerprint density at radius 1 is 1.40 bits per heavy atom. The Kier molecular flexibility index (Phi) is 4.54.